The molecule has 0 aromatic heterocycles. The van der Waals surface area contributed by atoms with Crippen LogP contribution in [0, 0.1) is 0 Å². The molecule has 0 aliphatic carbocycles. The van der Waals surface area contributed by atoms with Gasteiger partial charge in [-0.15, -0.1) is 0 Å². The van der Waals surface area contributed by atoms with Crippen LogP contribution in [0.3, 0.4) is 0 Å². The minimum absolute atomic E-state index is 0.361. The van der Waals surface area contributed by atoms with Gasteiger partial charge < -0.3 is 5.73 Å². The number of thioether (sulfide) groups is 1. The summed E-state index contributed by atoms with van der Waals surface area (Å²) in [5.41, 5.74) is 7.40. The molecule has 21 heavy (non-hydrogen) atoms. The van der Waals surface area contributed by atoms with Crippen LogP contribution in [0.4, 0.5) is 0 Å². The molecule has 2 N–H and O–H groups in total. The van der Waals surface area contributed by atoms with Gasteiger partial charge in [0.25, 0.3) is 0 Å². The van der Waals surface area contributed by atoms with Crippen molar-refractivity contribution in [1.29, 1.82) is 0 Å². The Morgan fingerprint density at radius 2 is 2.14 bits per heavy atom. The maximum atomic E-state index is 13.0. The molecule has 0 saturated carbocycles. The number of nitrogens with two attached hydrogens (primary N) is 1. The molecule has 0 spiro atoms. The maximum Gasteiger partial charge on any atom is 0.243 e. The zero-order chi connectivity index (χ0) is 15.5. The third kappa shape index (κ3) is 3.62. The first-order chi connectivity index (χ1) is 10.0. The lowest BCUT2D eigenvalue weighted by atomic mass is 10.1. The molecule has 1 aliphatic heterocycles. The van der Waals surface area contributed by atoms with Crippen molar-refractivity contribution in [2.45, 2.75) is 43.4 Å². The van der Waals surface area contributed by atoms with Gasteiger partial charge in [-0.05, 0) is 30.0 Å². The number of hydrogen-bond acceptors (Lipinski definition) is 4. The Morgan fingerprint density at radius 1 is 1.38 bits per heavy atom. The molecule has 6 heteroatoms. The van der Waals surface area contributed by atoms with Gasteiger partial charge in [0.15, 0.2) is 0 Å². The van der Waals surface area contributed by atoms with Crippen molar-refractivity contribution >= 4 is 21.8 Å². The summed E-state index contributed by atoms with van der Waals surface area (Å²) in [6, 6.07) is 5.56. The molecule has 1 heterocycles. The molecule has 118 valence electrons. The maximum absolute atomic E-state index is 13.0. The van der Waals surface area contributed by atoms with E-state index >= 15 is 0 Å². The van der Waals surface area contributed by atoms with Crippen LogP contribution in [-0.2, 0) is 23.0 Å². The summed E-state index contributed by atoms with van der Waals surface area (Å²) in [5, 5.41) is 0.399. The van der Waals surface area contributed by atoms with E-state index < -0.39 is 10.0 Å². The Morgan fingerprint density at radius 3 is 2.76 bits per heavy atom. The van der Waals surface area contributed by atoms with E-state index in [1.165, 1.54) is 0 Å². The van der Waals surface area contributed by atoms with Crippen molar-refractivity contribution in [2.75, 3.05) is 18.8 Å². The summed E-state index contributed by atoms with van der Waals surface area (Å²) in [7, 11) is -3.42. The van der Waals surface area contributed by atoms with E-state index in [9.17, 15) is 8.42 Å². The highest BCUT2D eigenvalue weighted by molar-refractivity contribution is 8.00. The second kappa shape index (κ2) is 7.13. The molecule has 0 bridgehead atoms. The number of sulfonamides is 1. The fraction of sp³-hybridized carbons (Fsp3) is 0.600. The Bertz CT molecular complexity index is 587. The second-order valence-corrected chi connectivity index (χ2v) is 8.58. The monoisotopic (exact) mass is 328 g/mol. The summed E-state index contributed by atoms with van der Waals surface area (Å²) in [4.78, 5) is 0.440. The number of nitrogens with zero attached hydrogens (tertiary/aromatic N) is 1. The molecular formula is C15H24N2O2S2. The summed E-state index contributed by atoms with van der Waals surface area (Å²) < 4.78 is 27.6. The van der Waals surface area contributed by atoms with E-state index in [0.29, 0.717) is 36.2 Å². The van der Waals surface area contributed by atoms with Crippen molar-refractivity contribution in [3.8, 4) is 0 Å². The van der Waals surface area contributed by atoms with Gasteiger partial charge in [-0.2, -0.15) is 16.1 Å². The number of hydrogen-bond donors (Lipinski definition) is 1. The van der Waals surface area contributed by atoms with Crippen LogP contribution in [0.15, 0.2) is 23.1 Å². The van der Waals surface area contributed by atoms with Gasteiger partial charge in [-0.1, -0.05) is 26.0 Å². The van der Waals surface area contributed by atoms with E-state index in [0.717, 1.165) is 23.3 Å². The fourth-order valence-corrected chi connectivity index (χ4v) is 5.77. The van der Waals surface area contributed by atoms with Crippen molar-refractivity contribution in [3.63, 3.8) is 0 Å². The Kier molecular flexibility index (Phi) is 5.71. The highest BCUT2D eigenvalue weighted by Gasteiger charge is 2.31. The Hall–Kier alpha value is -0.560. The van der Waals surface area contributed by atoms with E-state index in [1.807, 2.05) is 30.8 Å². The summed E-state index contributed by atoms with van der Waals surface area (Å²) in [6.07, 6.45) is 1.71. The molecule has 1 atom stereocenters. The highest BCUT2D eigenvalue weighted by atomic mass is 32.2. The van der Waals surface area contributed by atoms with Crippen LogP contribution >= 0.6 is 11.8 Å². The predicted octanol–water partition coefficient (Wildman–Crippen LogP) is 2.22. The normalized spacial score (nSPS) is 20.6. The van der Waals surface area contributed by atoms with Gasteiger partial charge in [-0.3, -0.25) is 0 Å². The molecular weight excluding hydrogens is 304 g/mol. The third-order valence-electron chi connectivity index (χ3n) is 3.92. The van der Waals surface area contributed by atoms with Gasteiger partial charge in [-0.25, -0.2) is 8.42 Å². The lowest BCUT2D eigenvalue weighted by Gasteiger charge is -2.31. The molecule has 1 aliphatic rings. The summed E-state index contributed by atoms with van der Waals surface area (Å²) in [5.74, 6) is 0.871. The van der Waals surface area contributed by atoms with Gasteiger partial charge in [0, 0.05) is 30.6 Å². The first kappa shape index (κ1) is 16.8. The van der Waals surface area contributed by atoms with Crippen LogP contribution < -0.4 is 5.73 Å². The minimum atomic E-state index is -3.42. The highest BCUT2D eigenvalue weighted by Crippen LogP contribution is 2.28. The van der Waals surface area contributed by atoms with E-state index in [-0.39, 0.29) is 0 Å². The van der Waals surface area contributed by atoms with E-state index in [2.05, 4.69) is 6.92 Å². The standard InChI is InChI=1S/C15H24N2O2S2/c1-3-13-6-5-12(10-16)9-15(13)21(18,19)17-7-8-20-14(4-2)11-17/h5-6,9,14H,3-4,7-8,10-11,16H2,1-2H3. The van der Waals surface area contributed by atoms with Crippen molar-refractivity contribution in [2.24, 2.45) is 5.73 Å². The van der Waals surface area contributed by atoms with Crippen LogP contribution in [0.5, 0.6) is 0 Å². The molecule has 4 nitrogen and oxygen atoms in total. The van der Waals surface area contributed by atoms with E-state index in [1.54, 1.807) is 10.4 Å². The molecule has 1 saturated heterocycles. The smallest absolute Gasteiger partial charge is 0.243 e. The molecule has 0 radical (unpaired) electrons. The first-order valence-electron chi connectivity index (χ1n) is 7.46. The molecule has 1 aromatic rings. The SMILES string of the molecule is CCc1ccc(CN)cc1S(=O)(=O)N1CCSC(CC)C1. The minimum Gasteiger partial charge on any atom is -0.326 e. The van der Waals surface area contributed by atoms with Crippen LogP contribution in [-0.4, -0.2) is 36.8 Å². The van der Waals surface area contributed by atoms with Gasteiger partial charge in [0.1, 0.15) is 0 Å². The van der Waals surface area contributed by atoms with Crippen LogP contribution in [0.2, 0.25) is 0 Å². The lowest BCUT2D eigenvalue weighted by Crippen LogP contribution is -2.42. The molecule has 1 fully saturated rings. The average Bonchev–Trinajstić information content (AvgIpc) is 2.54. The Labute approximate surface area is 132 Å². The Balaban J connectivity index is 2.38. The van der Waals surface area contributed by atoms with Crippen LogP contribution in [0.1, 0.15) is 31.4 Å². The van der Waals surface area contributed by atoms with Crippen molar-refractivity contribution in [3.05, 3.63) is 29.3 Å². The average molecular weight is 329 g/mol. The molecule has 1 aromatic carbocycles. The molecule has 1 unspecified atom stereocenters. The van der Waals surface area contributed by atoms with Crippen molar-refractivity contribution in [1.82, 2.24) is 4.31 Å². The lowest BCUT2D eigenvalue weighted by molar-refractivity contribution is 0.415. The zero-order valence-corrected chi connectivity index (χ0v) is 14.3. The molecule has 0 amide bonds. The molecule has 2 rings (SSSR count). The van der Waals surface area contributed by atoms with Crippen molar-refractivity contribution < 1.29 is 8.42 Å². The topological polar surface area (TPSA) is 63.4 Å². The number of aryl methyl sites for hydroxylation is 1. The van der Waals surface area contributed by atoms with E-state index in [4.69, 9.17) is 5.73 Å². The summed E-state index contributed by atoms with van der Waals surface area (Å²) in [6.45, 7) is 5.66. The largest absolute Gasteiger partial charge is 0.326 e. The quantitative estimate of drug-likeness (QED) is 0.900. The van der Waals surface area contributed by atoms with Gasteiger partial charge in [0.05, 0.1) is 4.90 Å². The van der Waals surface area contributed by atoms with Gasteiger partial charge in [0.2, 0.25) is 10.0 Å². The fourth-order valence-electron chi connectivity index (χ4n) is 2.55. The number of benzene rings is 1. The summed E-state index contributed by atoms with van der Waals surface area (Å²) >= 11 is 1.87. The second-order valence-electron chi connectivity index (χ2n) is 5.26. The van der Waals surface area contributed by atoms with Crippen LogP contribution in [0.25, 0.3) is 0 Å². The van der Waals surface area contributed by atoms with Gasteiger partial charge >= 0.3 is 0 Å². The number of rotatable bonds is 5. The predicted molar refractivity (Wildman–Crippen MR) is 89.0 cm³/mol. The zero-order valence-electron chi connectivity index (χ0n) is 12.7. The first-order valence-corrected chi connectivity index (χ1v) is 9.95. The third-order valence-corrected chi connectivity index (χ3v) is 7.24.